The van der Waals surface area contributed by atoms with Gasteiger partial charge >= 0.3 is 0 Å². The van der Waals surface area contributed by atoms with Crippen molar-refractivity contribution in [3.63, 3.8) is 0 Å². The van der Waals surface area contributed by atoms with Crippen LogP contribution >= 0.6 is 15.9 Å². The zero-order chi connectivity index (χ0) is 12.3. The maximum Gasteiger partial charge on any atom is 0.0237 e. The van der Waals surface area contributed by atoms with Gasteiger partial charge in [-0.25, -0.2) is 0 Å². The number of piperazine rings is 1. The van der Waals surface area contributed by atoms with E-state index in [4.69, 9.17) is 0 Å². The number of halogens is 1. The molecule has 0 radical (unpaired) electrons. The van der Waals surface area contributed by atoms with E-state index in [-0.39, 0.29) is 0 Å². The number of benzene rings is 1. The summed E-state index contributed by atoms with van der Waals surface area (Å²) in [6.07, 6.45) is 1.21. The molecule has 1 saturated heterocycles. The fourth-order valence-electron chi connectivity index (χ4n) is 2.31. The van der Waals surface area contributed by atoms with Gasteiger partial charge in [0.1, 0.15) is 0 Å². The fourth-order valence-corrected chi connectivity index (χ4v) is 2.58. The second-order valence-corrected chi connectivity index (χ2v) is 5.83. The van der Waals surface area contributed by atoms with Crippen molar-refractivity contribution >= 4 is 15.9 Å². The van der Waals surface area contributed by atoms with Gasteiger partial charge in [-0.2, -0.15) is 0 Å². The first-order valence-electron chi connectivity index (χ1n) is 6.41. The smallest absolute Gasteiger partial charge is 0.0237 e. The van der Waals surface area contributed by atoms with Gasteiger partial charge in [-0.05, 0) is 31.0 Å². The molecule has 0 aliphatic carbocycles. The molecule has 1 aromatic rings. The van der Waals surface area contributed by atoms with Gasteiger partial charge in [0.15, 0.2) is 0 Å². The second-order valence-electron chi connectivity index (χ2n) is 4.92. The van der Waals surface area contributed by atoms with Crippen LogP contribution in [-0.2, 0) is 6.54 Å². The summed E-state index contributed by atoms with van der Waals surface area (Å²) in [6, 6.07) is 9.95. The lowest BCUT2D eigenvalue weighted by Gasteiger charge is -2.38. The predicted octanol–water partition coefficient (Wildman–Crippen LogP) is 3.02. The lowest BCUT2D eigenvalue weighted by atomic mass is 10.1. The Labute approximate surface area is 113 Å². The molecular formula is C14H21BrN2. The first-order valence-corrected chi connectivity index (χ1v) is 7.20. The van der Waals surface area contributed by atoms with Crippen molar-refractivity contribution in [2.24, 2.45) is 0 Å². The third kappa shape index (κ3) is 3.54. The molecule has 2 atom stereocenters. The van der Waals surface area contributed by atoms with Gasteiger partial charge in [0.25, 0.3) is 0 Å². The summed E-state index contributed by atoms with van der Waals surface area (Å²) in [4.78, 5) is 2.58. The molecule has 3 heteroatoms. The van der Waals surface area contributed by atoms with Crippen LogP contribution in [0.1, 0.15) is 25.8 Å². The first kappa shape index (κ1) is 13.1. The van der Waals surface area contributed by atoms with Gasteiger partial charge in [0, 0.05) is 36.2 Å². The van der Waals surface area contributed by atoms with E-state index in [0.29, 0.717) is 12.1 Å². The van der Waals surface area contributed by atoms with Crippen LogP contribution in [0.5, 0.6) is 0 Å². The van der Waals surface area contributed by atoms with E-state index in [0.717, 1.165) is 24.1 Å². The van der Waals surface area contributed by atoms with E-state index in [1.807, 2.05) is 0 Å². The summed E-state index contributed by atoms with van der Waals surface area (Å²) in [5.41, 5.74) is 1.40. The molecule has 0 saturated carbocycles. The van der Waals surface area contributed by atoms with E-state index in [1.165, 1.54) is 12.0 Å². The van der Waals surface area contributed by atoms with Crippen LogP contribution in [-0.4, -0.2) is 30.1 Å². The van der Waals surface area contributed by atoms with Gasteiger partial charge in [0.2, 0.25) is 0 Å². The molecule has 0 amide bonds. The molecule has 1 fully saturated rings. The number of rotatable bonds is 3. The Bertz CT molecular complexity index is 350. The number of nitrogens with zero attached hydrogens (tertiary/aromatic N) is 1. The highest BCUT2D eigenvalue weighted by Gasteiger charge is 2.23. The maximum absolute atomic E-state index is 3.59. The molecule has 1 aliphatic rings. The molecule has 1 heterocycles. The van der Waals surface area contributed by atoms with Gasteiger partial charge in [-0.3, -0.25) is 4.90 Å². The normalized spacial score (nSPS) is 26.1. The van der Waals surface area contributed by atoms with Crippen molar-refractivity contribution in [3.8, 4) is 0 Å². The van der Waals surface area contributed by atoms with Crippen molar-refractivity contribution < 1.29 is 0 Å². The lowest BCUT2D eigenvalue weighted by molar-refractivity contribution is 0.131. The molecule has 2 rings (SSSR count). The SMILES string of the molecule is CCC1CN(Cc2ccc(Br)cc2)C(C)CN1. The minimum atomic E-state index is 0.626. The summed E-state index contributed by atoms with van der Waals surface area (Å²) in [7, 11) is 0. The van der Waals surface area contributed by atoms with Crippen LogP contribution < -0.4 is 5.32 Å². The topological polar surface area (TPSA) is 15.3 Å². The molecular weight excluding hydrogens is 276 g/mol. The predicted molar refractivity (Wildman–Crippen MR) is 76.1 cm³/mol. The maximum atomic E-state index is 3.59. The van der Waals surface area contributed by atoms with Crippen molar-refractivity contribution in [1.29, 1.82) is 0 Å². The van der Waals surface area contributed by atoms with Crippen LogP contribution in [0, 0.1) is 0 Å². The minimum absolute atomic E-state index is 0.626. The molecule has 17 heavy (non-hydrogen) atoms. The minimum Gasteiger partial charge on any atom is -0.311 e. The molecule has 2 nitrogen and oxygen atoms in total. The number of hydrogen-bond acceptors (Lipinski definition) is 2. The first-order chi connectivity index (χ1) is 8.19. The summed E-state index contributed by atoms with van der Waals surface area (Å²) in [6.45, 7) is 7.89. The summed E-state index contributed by atoms with van der Waals surface area (Å²) in [5, 5.41) is 3.59. The molecule has 2 unspecified atom stereocenters. The molecule has 0 aromatic heterocycles. The Hall–Kier alpha value is -0.380. The molecule has 1 aliphatic heterocycles. The van der Waals surface area contributed by atoms with Gasteiger partial charge < -0.3 is 5.32 Å². The van der Waals surface area contributed by atoms with Gasteiger partial charge in [-0.1, -0.05) is 35.0 Å². The van der Waals surface area contributed by atoms with E-state index in [9.17, 15) is 0 Å². The fraction of sp³-hybridized carbons (Fsp3) is 0.571. The van der Waals surface area contributed by atoms with Crippen molar-refractivity contribution in [1.82, 2.24) is 10.2 Å². The van der Waals surface area contributed by atoms with E-state index >= 15 is 0 Å². The Morgan fingerprint density at radius 2 is 2.06 bits per heavy atom. The van der Waals surface area contributed by atoms with Crippen LogP contribution in [0.25, 0.3) is 0 Å². The zero-order valence-corrected chi connectivity index (χ0v) is 12.2. The van der Waals surface area contributed by atoms with E-state index in [1.54, 1.807) is 0 Å². The third-order valence-electron chi connectivity index (χ3n) is 3.57. The highest BCUT2D eigenvalue weighted by Crippen LogP contribution is 2.16. The largest absolute Gasteiger partial charge is 0.311 e. The molecule has 1 N–H and O–H groups in total. The van der Waals surface area contributed by atoms with Crippen LogP contribution in [0.3, 0.4) is 0 Å². The van der Waals surface area contributed by atoms with Crippen molar-refractivity contribution in [2.45, 2.75) is 38.9 Å². The monoisotopic (exact) mass is 296 g/mol. The Kier molecular flexibility index (Phi) is 4.60. The summed E-state index contributed by atoms with van der Waals surface area (Å²) < 4.78 is 1.15. The molecule has 0 bridgehead atoms. The summed E-state index contributed by atoms with van der Waals surface area (Å²) >= 11 is 3.48. The van der Waals surface area contributed by atoms with Gasteiger partial charge in [0.05, 0.1) is 0 Å². The Morgan fingerprint density at radius 1 is 1.35 bits per heavy atom. The molecule has 94 valence electrons. The Morgan fingerprint density at radius 3 is 2.71 bits per heavy atom. The van der Waals surface area contributed by atoms with E-state index in [2.05, 4.69) is 64.3 Å². The standard InChI is InChI=1S/C14H21BrN2/c1-3-14-10-17(11(2)8-16-14)9-12-4-6-13(15)7-5-12/h4-7,11,14,16H,3,8-10H2,1-2H3. The van der Waals surface area contributed by atoms with Gasteiger partial charge in [-0.15, -0.1) is 0 Å². The van der Waals surface area contributed by atoms with Crippen molar-refractivity contribution in [3.05, 3.63) is 34.3 Å². The molecule has 1 aromatic carbocycles. The second kappa shape index (κ2) is 5.98. The molecule has 0 spiro atoms. The number of nitrogens with one attached hydrogen (secondary N) is 1. The Balaban J connectivity index is 1.98. The zero-order valence-electron chi connectivity index (χ0n) is 10.6. The average Bonchev–Trinajstić information content (AvgIpc) is 2.35. The van der Waals surface area contributed by atoms with Crippen LogP contribution in [0.2, 0.25) is 0 Å². The van der Waals surface area contributed by atoms with Crippen LogP contribution in [0.4, 0.5) is 0 Å². The lowest BCUT2D eigenvalue weighted by Crippen LogP contribution is -2.54. The quantitative estimate of drug-likeness (QED) is 0.922. The van der Waals surface area contributed by atoms with Crippen LogP contribution in [0.15, 0.2) is 28.7 Å². The highest BCUT2D eigenvalue weighted by molar-refractivity contribution is 9.10. The van der Waals surface area contributed by atoms with Crippen molar-refractivity contribution in [2.75, 3.05) is 13.1 Å². The summed E-state index contributed by atoms with van der Waals surface area (Å²) in [5.74, 6) is 0. The van der Waals surface area contributed by atoms with E-state index < -0.39 is 0 Å². The third-order valence-corrected chi connectivity index (χ3v) is 4.10. The highest BCUT2D eigenvalue weighted by atomic mass is 79.9. The average molecular weight is 297 g/mol. The number of hydrogen-bond donors (Lipinski definition) is 1.